The van der Waals surface area contributed by atoms with Crippen LogP contribution in [-0.4, -0.2) is 21.4 Å². The number of hydrogen-bond donors (Lipinski definition) is 1. The number of sulfonamides is 1. The second-order valence-electron chi connectivity index (χ2n) is 5.91. The van der Waals surface area contributed by atoms with Gasteiger partial charge in [-0.15, -0.1) is 0 Å². The van der Waals surface area contributed by atoms with Crippen LogP contribution in [0.4, 0.5) is 15.8 Å². The summed E-state index contributed by atoms with van der Waals surface area (Å²) in [4.78, 5) is 12.4. The Balaban J connectivity index is 1.87. The summed E-state index contributed by atoms with van der Waals surface area (Å²) in [6.45, 7) is 0. The van der Waals surface area contributed by atoms with Crippen LogP contribution in [0.5, 0.6) is 0 Å². The van der Waals surface area contributed by atoms with E-state index in [1.165, 1.54) is 31.3 Å². The van der Waals surface area contributed by atoms with Gasteiger partial charge in [0.25, 0.3) is 15.9 Å². The number of halogens is 2. The molecule has 0 saturated carbocycles. The molecule has 0 fully saturated rings. The van der Waals surface area contributed by atoms with E-state index >= 15 is 0 Å². The molecule has 0 heterocycles. The predicted molar refractivity (Wildman–Crippen MR) is 108 cm³/mol. The highest BCUT2D eigenvalue weighted by Crippen LogP contribution is 2.24. The molecule has 8 heteroatoms. The maximum Gasteiger partial charge on any atom is 0.264 e. The van der Waals surface area contributed by atoms with Gasteiger partial charge in [0.2, 0.25) is 0 Å². The Morgan fingerprint density at radius 3 is 2.39 bits per heavy atom. The quantitative estimate of drug-likeness (QED) is 0.660. The number of amides is 1. The van der Waals surface area contributed by atoms with E-state index in [0.717, 1.165) is 16.4 Å². The summed E-state index contributed by atoms with van der Waals surface area (Å²) >= 11 is 5.90. The Bertz CT molecular complexity index is 1120. The molecule has 28 heavy (non-hydrogen) atoms. The van der Waals surface area contributed by atoms with Gasteiger partial charge in [-0.1, -0.05) is 35.9 Å². The van der Waals surface area contributed by atoms with Gasteiger partial charge in [0.1, 0.15) is 5.82 Å². The summed E-state index contributed by atoms with van der Waals surface area (Å²) in [5, 5.41) is 2.54. The predicted octanol–water partition coefficient (Wildman–Crippen LogP) is 4.56. The normalized spacial score (nSPS) is 11.1. The molecule has 0 spiro atoms. The zero-order chi connectivity index (χ0) is 20.3. The van der Waals surface area contributed by atoms with Crippen molar-refractivity contribution in [1.82, 2.24) is 0 Å². The first-order valence-corrected chi connectivity index (χ1v) is 10.0. The van der Waals surface area contributed by atoms with Crippen LogP contribution in [-0.2, 0) is 10.0 Å². The minimum Gasteiger partial charge on any atom is -0.322 e. The maximum absolute atomic E-state index is 13.2. The Morgan fingerprint density at radius 1 is 1.00 bits per heavy atom. The first-order chi connectivity index (χ1) is 13.3. The molecule has 0 aliphatic rings. The molecule has 0 unspecified atom stereocenters. The fourth-order valence-electron chi connectivity index (χ4n) is 2.54. The number of hydrogen-bond acceptors (Lipinski definition) is 3. The third kappa shape index (κ3) is 4.16. The molecule has 0 bridgehead atoms. The summed E-state index contributed by atoms with van der Waals surface area (Å²) in [5.41, 5.74) is 0.862. The van der Waals surface area contributed by atoms with Crippen LogP contribution >= 0.6 is 11.6 Å². The number of carbonyl (C=O) groups is 1. The van der Waals surface area contributed by atoms with Crippen LogP contribution < -0.4 is 9.62 Å². The van der Waals surface area contributed by atoms with E-state index in [9.17, 15) is 17.6 Å². The molecule has 0 aliphatic carbocycles. The van der Waals surface area contributed by atoms with Gasteiger partial charge in [0.05, 0.1) is 21.2 Å². The first kappa shape index (κ1) is 19.9. The Kier molecular flexibility index (Phi) is 5.67. The zero-order valence-electron chi connectivity index (χ0n) is 14.8. The molecular formula is C20H16ClFN2O3S. The van der Waals surface area contributed by atoms with Crippen molar-refractivity contribution < 1.29 is 17.6 Å². The van der Waals surface area contributed by atoms with Crippen molar-refractivity contribution in [3.8, 4) is 0 Å². The molecule has 5 nitrogen and oxygen atoms in total. The van der Waals surface area contributed by atoms with E-state index in [-0.39, 0.29) is 21.2 Å². The van der Waals surface area contributed by atoms with Gasteiger partial charge in [0.15, 0.2) is 0 Å². The van der Waals surface area contributed by atoms with Gasteiger partial charge in [-0.2, -0.15) is 0 Å². The lowest BCUT2D eigenvalue weighted by Gasteiger charge is -2.20. The first-order valence-electron chi connectivity index (χ1n) is 8.19. The molecule has 1 N–H and O–H groups in total. The lowest BCUT2D eigenvalue weighted by Crippen LogP contribution is -2.26. The zero-order valence-corrected chi connectivity index (χ0v) is 16.3. The summed E-state index contributed by atoms with van der Waals surface area (Å²) in [5.74, 6) is -1.13. The van der Waals surface area contributed by atoms with Gasteiger partial charge >= 0.3 is 0 Å². The Labute approximate surface area is 167 Å². The second kappa shape index (κ2) is 8.00. The van der Waals surface area contributed by atoms with Crippen LogP contribution in [0.15, 0.2) is 77.7 Å². The summed E-state index contributed by atoms with van der Waals surface area (Å²) in [6, 6.07) is 17.9. The highest BCUT2D eigenvalue weighted by Gasteiger charge is 2.22. The highest BCUT2D eigenvalue weighted by molar-refractivity contribution is 7.92. The van der Waals surface area contributed by atoms with E-state index in [0.29, 0.717) is 5.69 Å². The molecule has 0 aromatic heterocycles. The summed E-state index contributed by atoms with van der Waals surface area (Å²) in [6.07, 6.45) is 0. The number of benzene rings is 3. The monoisotopic (exact) mass is 418 g/mol. The summed E-state index contributed by atoms with van der Waals surface area (Å²) in [7, 11) is -2.37. The fraction of sp³-hybridized carbons (Fsp3) is 0.0500. The molecule has 0 radical (unpaired) electrons. The van der Waals surface area contributed by atoms with E-state index in [4.69, 9.17) is 11.6 Å². The molecule has 0 aliphatic heterocycles. The number of para-hydroxylation sites is 1. The smallest absolute Gasteiger partial charge is 0.264 e. The second-order valence-corrected chi connectivity index (χ2v) is 8.29. The molecule has 3 aromatic rings. The van der Waals surface area contributed by atoms with Crippen LogP contribution in [0.2, 0.25) is 5.02 Å². The Hall–Kier alpha value is -2.90. The average Bonchev–Trinajstić information content (AvgIpc) is 2.68. The van der Waals surface area contributed by atoms with Crippen molar-refractivity contribution >= 4 is 38.9 Å². The molecule has 0 saturated heterocycles. The molecular weight excluding hydrogens is 403 g/mol. The Morgan fingerprint density at radius 2 is 1.71 bits per heavy atom. The van der Waals surface area contributed by atoms with Crippen molar-refractivity contribution in [3.63, 3.8) is 0 Å². The van der Waals surface area contributed by atoms with Gasteiger partial charge in [-0.05, 0) is 48.5 Å². The van der Waals surface area contributed by atoms with E-state index < -0.39 is 21.7 Å². The minimum absolute atomic E-state index is 0.0156. The molecule has 3 rings (SSSR count). The maximum atomic E-state index is 13.2. The topological polar surface area (TPSA) is 66.5 Å². The summed E-state index contributed by atoms with van der Waals surface area (Å²) < 4.78 is 40.1. The number of nitrogens with zero attached hydrogens (tertiary/aromatic N) is 1. The van der Waals surface area contributed by atoms with Gasteiger partial charge < -0.3 is 5.32 Å². The largest absolute Gasteiger partial charge is 0.322 e. The van der Waals surface area contributed by atoms with Crippen LogP contribution in [0.1, 0.15) is 10.4 Å². The third-order valence-electron chi connectivity index (χ3n) is 4.05. The van der Waals surface area contributed by atoms with Crippen LogP contribution in [0.3, 0.4) is 0 Å². The van der Waals surface area contributed by atoms with Gasteiger partial charge in [-0.25, -0.2) is 12.8 Å². The molecule has 144 valence electrons. The number of nitrogens with one attached hydrogen (secondary N) is 1. The van der Waals surface area contributed by atoms with Gasteiger partial charge in [-0.3, -0.25) is 9.10 Å². The van der Waals surface area contributed by atoms with Crippen molar-refractivity contribution in [3.05, 3.63) is 89.2 Å². The molecule has 1 amide bonds. The van der Waals surface area contributed by atoms with E-state index in [1.807, 2.05) is 0 Å². The molecule has 3 aromatic carbocycles. The average molecular weight is 419 g/mol. The highest BCUT2D eigenvalue weighted by atomic mass is 35.5. The van der Waals surface area contributed by atoms with Crippen molar-refractivity contribution in [1.29, 1.82) is 0 Å². The lowest BCUT2D eigenvalue weighted by molar-refractivity contribution is 0.102. The minimum atomic E-state index is -3.82. The molecule has 0 atom stereocenters. The van der Waals surface area contributed by atoms with E-state index in [1.54, 1.807) is 36.4 Å². The fourth-order valence-corrected chi connectivity index (χ4v) is 4.04. The van der Waals surface area contributed by atoms with E-state index in [2.05, 4.69) is 5.32 Å². The van der Waals surface area contributed by atoms with Crippen LogP contribution in [0, 0.1) is 5.82 Å². The third-order valence-corrected chi connectivity index (χ3v) is 6.14. The van der Waals surface area contributed by atoms with Crippen LogP contribution in [0.25, 0.3) is 0 Å². The standard InChI is InChI=1S/C20H16ClFN2O3S/c1-24(16-7-3-2-4-8-16)28(26,27)17-9-5-6-15(13-17)23-20(25)18-11-10-14(22)12-19(18)21/h2-13H,1H3,(H,23,25). The number of carbonyl (C=O) groups excluding carboxylic acids is 1. The van der Waals surface area contributed by atoms with Crippen molar-refractivity contribution in [2.75, 3.05) is 16.7 Å². The number of rotatable bonds is 5. The lowest BCUT2D eigenvalue weighted by atomic mass is 10.2. The number of anilines is 2. The van der Waals surface area contributed by atoms with Crippen molar-refractivity contribution in [2.24, 2.45) is 0 Å². The van der Waals surface area contributed by atoms with Crippen molar-refractivity contribution in [2.45, 2.75) is 4.90 Å². The van der Waals surface area contributed by atoms with Gasteiger partial charge in [0, 0.05) is 12.7 Å². The SMILES string of the molecule is CN(c1ccccc1)S(=O)(=O)c1cccc(NC(=O)c2ccc(F)cc2Cl)c1.